The van der Waals surface area contributed by atoms with E-state index in [1.807, 2.05) is 0 Å². The lowest BCUT2D eigenvalue weighted by atomic mass is 10.1. The van der Waals surface area contributed by atoms with Crippen molar-refractivity contribution >= 4 is 17.3 Å². The topological polar surface area (TPSA) is 63.5 Å². The van der Waals surface area contributed by atoms with Gasteiger partial charge in [-0.1, -0.05) is 0 Å². The van der Waals surface area contributed by atoms with E-state index in [1.165, 1.54) is 17.0 Å². The lowest BCUT2D eigenvalue weighted by Gasteiger charge is -2.08. The van der Waals surface area contributed by atoms with Gasteiger partial charge >= 0.3 is 0 Å². The van der Waals surface area contributed by atoms with Gasteiger partial charge in [-0.15, -0.1) is 0 Å². The molecule has 5 nitrogen and oxygen atoms in total. The standard InChI is InChI=1S/C9H8N2O3/c1-10-8-5-7(11(13)14)3-2-6(8)4-9(10)12/h2-3,5H,4H2,1H3. The highest BCUT2D eigenvalue weighted by Crippen LogP contribution is 2.30. The number of nitro benzene ring substituents is 1. The number of carbonyl (C=O) groups is 1. The second-order valence-corrected chi connectivity index (χ2v) is 3.20. The molecule has 72 valence electrons. The van der Waals surface area contributed by atoms with Crippen LogP contribution in [0.5, 0.6) is 0 Å². The van der Waals surface area contributed by atoms with Crippen LogP contribution in [0.4, 0.5) is 11.4 Å². The van der Waals surface area contributed by atoms with Crippen molar-refractivity contribution in [3.8, 4) is 0 Å². The number of rotatable bonds is 1. The molecule has 5 heteroatoms. The maximum atomic E-state index is 11.3. The third-order valence-electron chi connectivity index (χ3n) is 2.36. The molecule has 1 amide bonds. The third kappa shape index (κ3) is 1.14. The van der Waals surface area contributed by atoms with Gasteiger partial charge in [-0.3, -0.25) is 14.9 Å². The minimum Gasteiger partial charge on any atom is -0.315 e. The number of nitro groups is 1. The summed E-state index contributed by atoms with van der Waals surface area (Å²) in [6, 6.07) is 4.49. The lowest BCUT2D eigenvalue weighted by Crippen LogP contribution is -2.20. The Morgan fingerprint density at radius 1 is 1.50 bits per heavy atom. The van der Waals surface area contributed by atoms with Gasteiger partial charge in [0.05, 0.1) is 17.0 Å². The predicted molar refractivity (Wildman–Crippen MR) is 50.2 cm³/mol. The van der Waals surface area contributed by atoms with Crippen molar-refractivity contribution in [2.45, 2.75) is 6.42 Å². The smallest absolute Gasteiger partial charge is 0.271 e. The molecule has 0 spiro atoms. The molecule has 0 bridgehead atoms. The zero-order valence-corrected chi connectivity index (χ0v) is 7.56. The second-order valence-electron chi connectivity index (χ2n) is 3.20. The molecular weight excluding hydrogens is 184 g/mol. The first-order valence-electron chi connectivity index (χ1n) is 4.13. The van der Waals surface area contributed by atoms with Gasteiger partial charge in [-0.2, -0.15) is 0 Å². The van der Waals surface area contributed by atoms with Gasteiger partial charge in [0.15, 0.2) is 0 Å². The van der Waals surface area contributed by atoms with Crippen LogP contribution in [0, 0.1) is 10.1 Å². The Balaban J connectivity index is 2.51. The van der Waals surface area contributed by atoms with Crippen molar-refractivity contribution in [1.82, 2.24) is 0 Å². The number of non-ortho nitro benzene ring substituents is 1. The highest BCUT2D eigenvalue weighted by Gasteiger charge is 2.25. The fourth-order valence-electron chi connectivity index (χ4n) is 1.54. The first-order valence-corrected chi connectivity index (χ1v) is 4.13. The van der Waals surface area contributed by atoms with E-state index in [2.05, 4.69) is 0 Å². The van der Waals surface area contributed by atoms with E-state index in [-0.39, 0.29) is 11.6 Å². The predicted octanol–water partition coefficient (Wildman–Crippen LogP) is 1.11. The molecule has 1 heterocycles. The van der Waals surface area contributed by atoms with Crippen molar-refractivity contribution in [3.05, 3.63) is 33.9 Å². The molecule has 0 saturated heterocycles. The molecule has 1 aliphatic heterocycles. The maximum absolute atomic E-state index is 11.3. The molecule has 0 aliphatic carbocycles. The van der Waals surface area contributed by atoms with E-state index in [9.17, 15) is 14.9 Å². The Kier molecular flexibility index (Phi) is 1.73. The van der Waals surface area contributed by atoms with Crippen LogP contribution in [0.2, 0.25) is 0 Å². The number of likely N-dealkylation sites (N-methyl/N-ethyl adjacent to an activating group) is 1. The number of fused-ring (bicyclic) bond motifs is 1. The molecule has 0 N–H and O–H groups in total. The summed E-state index contributed by atoms with van der Waals surface area (Å²) in [6.45, 7) is 0. The van der Waals surface area contributed by atoms with Crippen LogP contribution >= 0.6 is 0 Å². The summed E-state index contributed by atoms with van der Waals surface area (Å²) in [5, 5.41) is 10.5. The largest absolute Gasteiger partial charge is 0.315 e. The molecule has 2 rings (SSSR count). The maximum Gasteiger partial charge on any atom is 0.271 e. The lowest BCUT2D eigenvalue weighted by molar-refractivity contribution is -0.384. The van der Waals surface area contributed by atoms with E-state index in [4.69, 9.17) is 0 Å². The highest BCUT2D eigenvalue weighted by molar-refractivity contribution is 6.01. The van der Waals surface area contributed by atoms with Crippen molar-refractivity contribution < 1.29 is 9.72 Å². The Hall–Kier alpha value is -1.91. The summed E-state index contributed by atoms with van der Waals surface area (Å²) in [6.07, 6.45) is 0.337. The van der Waals surface area contributed by atoms with Crippen molar-refractivity contribution in [3.63, 3.8) is 0 Å². The van der Waals surface area contributed by atoms with Gasteiger partial charge in [0.25, 0.3) is 5.69 Å². The molecule has 0 atom stereocenters. The quantitative estimate of drug-likeness (QED) is 0.494. The molecular formula is C9H8N2O3. The SMILES string of the molecule is CN1C(=O)Cc2ccc([N+](=O)[O-])cc21. The number of hydrogen-bond donors (Lipinski definition) is 0. The van der Waals surface area contributed by atoms with Crippen LogP contribution in [-0.4, -0.2) is 17.9 Å². The average Bonchev–Trinajstić information content (AvgIpc) is 2.43. The number of hydrogen-bond acceptors (Lipinski definition) is 3. The molecule has 0 saturated carbocycles. The van der Waals surface area contributed by atoms with E-state index in [1.54, 1.807) is 13.1 Å². The zero-order valence-electron chi connectivity index (χ0n) is 7.56. The van der Waals surface area contributed by atoms with Crippen molar-refractivity contribution in [2.24, 2.45) is 0 Å². The summed E-state index contributed by atoms with van der Waals surface area (Å²) in [5.41, 5.74) is 1.51. The Morgan fingerprint density at radius 3 is 2.86 bits per heavy atom. The van der Waals surface area contributed by atoms with Gasteiger partial charge in [-0.25, -0.2) is 0 Å². The fraction of sp³-hybridized carbons (Fsp3) is 0.222. The van der Waals surface area contributed by atoms with Crippen LogP contribution in [0.1, 0.15) is 5.56 Å². The fourth-order valence-corrected chi connectivity index (χ4v) is 1.54. The second kappa shape index (κ2) is 2.80. The Morgan fingerprint density at radius 2 is 2.21 bits per heavy atom. The van der Waals surface area contributed by atoms with Crippen LogP contribution in [0.3, 0.4) is 0 Å². The van der Waals surface area contributed by atoms with Gasteiger partial charge in [0, 0.05) is 19.2 Å². The summed E-state index contributed by atoms with van der Waals surface area (Å²) < 4.78 is 0. The zero-order chi connectivity index (χ0) is 10.3. The summed E-state index contributed by atoms with van der Waals surface area (Å²) in [5.74, 6) is -0.0273. The molecule has 1 aromatic rings. The number of nitrogens with zero attached hydrogens (tertiary/aromatic N) is 2. The summed E-state index contributed by atoms with van der Waals surface area (Å²) in [7, 11) is 1.62. The Bertz CT molecular complexity index is 428. The van der Waals surface area contributed by atoms with Crippen molar-refractivity contribution in [2.75, 3.05) is 11.9 Å². The molecule has 14 heavy (non-hydrogen) atoms. The van der Waals surface area contributed by atoms with E-state index >= 15 is 0 Å². The number of anilines is 1. The van der Waals surface area contributed by atoms with Gasteiger partial charge in [-0.05, 0) is 11.6 Å². The summed E-state index contributed by atoms with van der Waals surface area (Å²) in [4.78, 5) is 22.7. The van der Waals surface area contributed by atoms with Crippen LogP contribution in [0.25, 0.3) is 0 Å². The van der Waals surface area contributed by atoms with E-state index in [0.717, 1.165) is 5.56 Å². The minimum atomic E-state index is -0.461. The van der Waals surface area contributed by atoms with Gasteiger partial charge in [0.1, 0.15) is 0 Å². The van der Waals surface area contributed by atoms with Crippen LogP contribution in [-0.2, 0) is 11.2 Å². The Labute approximate surface area is 80.1 Å². The number of benzene rings is 1. The molecule has 1 aliphatic rings. The van der Waals surface area contributed by atoms with Crippen LogP contribution < -0.4 is 4.90 Å². The highest BCUT2D eigenvalue weighted by atomic mass is 16.6. The minimum absolute atomic E-state index is 0.0188. The molecule has 0 fully saturated rings. The monoisotopic (exact) mass is 192 g/mol. The summed E-state index contributed by atoms with van der Waals surface area (Å²) >= 11 is 0. The van der Waals surface area contributed by atoms with Crippen LogP contribution in [0.15, 0.2) is 18.2 Å². The normalized spacial score (nSPS) is 14.4. The average molecular weight is 192 g/mol. The van der Waals surface area contributed by atoms with Crippen molar-refractivity contribution in [1.29, 1.82) is 0 Å². The molecule has 1 aromatic carbocycles. The first kappa shape index (κ1) is 8.68. The molecule has 0 unspecified atom stereocenters. The van der Waals surface area contributed by atoms with E-state index in [0.29, 0.717) is 12.1 Å². The number of carbonyl (C=O) groups excluding carboxylic acids is 1. The molecule has 0 radical (unpaired) electrons. The van der Waals surface area contributed by atoms with Gasteiger partial charge < -0.3 is 4.90 Å². The number of amides is 1. The molecule has 0 aromatic heterocycles. The van der Waals surface area contributed by atoms with E-state index < -0.39 is 4.92 Å². The third-order valence-corrected chi connectivity index (χ3v) is 2.36. The first-order chi connectivity index (χ1) is 6.59. The van der Waals surface area contributed by atoms with Gasteiger partial charge in [0.2, 0.25) is 5.91 Å².